The molecule has 0 saturated heterocycles. The fraction of sp³-hybridized carbons (Fsp3) is 0.500. The molecule has 0 aliphatic heterocycles. The van der Waals surface area contributed by atoms with E-state index in [1.54, 1.807) is 11.3 Å². The van der Waals surface area contributed by atoms with Crippen molar-refractivity contribution < 1.29 is 4.79 Å². The molecule has 0 spiro atoms. The monoisotopic (exact) mass is 218 g/mol. The van der Waals surface area contributed by atoms with Crippen LogP contribution in [0.4, 0.5) is 0 Å². The maximum atomic E-state index is 10.8. The topological polar surface area (TPSA) is 42.0 Å². The molecule has 0 aliphatic carbocycles. The average Bonchev–Trinajstić information content (AvgIpc) is 2.41. The van der Waals surface area contributed by atoms with Gasteiger partial charge in [-0.15, -0.1) is 22.9 Å². The summed E-state index contributed by atoms with van der Waals surface area (Å²) < 4.78 is 0. The van der Waals surface area contributed by atoms with Crippen LogP contribution in [0.3, 0.4) is 0 Å². The van der Waals surface area contributed by atoms with Gasteiger partial charge in [0.25, 0.3) is 0 Å². The van der Waals surface area contributed by atoms with Crippen LogP contribution in [-0.4, -0.2) is 16.8 Å². The number of thiazole rings is 1. The summed E-state index contributed by atoms with van der Waals surface area (Å²) in [4.78, 5) is 16.3. The molecule has 0 radical (unpaired) electrons. The standard InChI is InChI=1S/C8H11ClN2OS/c1-5-7(11-6(2)13-5)4-10-8(12)3-9/h3-4H2,1-2H3,(H,10,12). The Balaban J connectivity index is 2.54. The van der Waals surface area contributed by atoms with Gasteiger partial charge in [-0.25, -0.2) is 4.98 Å². The third-order valence-electron chi connectivity index (χ3n) is 1.57. The number of amides is 1. The first-order chi connectivity index (χ1) is 6.13. The number of aromatic nitrogens is 1. The molecule has 0 bridgehead atoms. The zero-order valence-electron chi connectivity index (χ0n) is 7.56. The Labute approximate surface area is 86.1 Å². The largest absolute Gasteiger partial charge is 0.349 e. The number of alkyl halides is 1. The quantitative estimate of drug-likeness (QED) is 0.784. The van der Waals surface area contributed by atoms with E-state index in [1.165, 1.54) is 0 Å². The number of aryl methyl sites for hydroxylation is 2. The van der Waals surface area contributed by atoms with Gasteiger partial charge in [-0.1, -0.05) is 0 Å². The lowest BCUT2D eigenvalue weighted by molar-refractivity contribution is -0.118. The van der Waals surface area contributed by atoms with Crippen LogP contribution in [0.25, 0.3) is 0 Å². The van der Waals surface area contributed by atoms with E-state index >= 15 is 0 Å². The van der Waals surface area contributed by atoms with E-state index < -0.39 is 0 Å². The van der Waals surface area contributed by atoms with Crippen molar-refractivity contribution in [3.63, 3.8) is 0 Å². The van der Waals surface area contributed by atoms with E-state index in [-0.39, 0.29) is 11.8 Å². The lowest BCUT2D eigenvalue weighted by Gasteiger charge is -1.99. The van der Waals surface area contributed by atoms with Gasteiger partial charge in [-0.05, 0) is 13.8 Å². The van der Waals surface area contributed by atoms with Crippen molar-refractivity contribution in [3.05, 3.63) is 15.6 Å². The van der Waals surface area contributed by atoms with Crippen molar-refractivity contribution in [3.8, 4) is 0 Å². The summed E-state index contributed by atoms with van der Waals surface area (Å²) in [7, 11) is 0. The van der Waals surface area contributed by atoms with Crippen molar-refractivity contribution in [1.82, 2.24) is 10.3 Å². The highest BCUT2D eigenvalue weighted by Crippen LogP contribution is 2.15. The zero-order chi connectivity index (χ0) is 9.84. The van der Waals surface area contributed by atoms with Gasteiger partial charge in [-0.3, -0.25) is 4.79 Å². The highest BCUT2D eigenvalue weighted by molar-refractivity contribution is 7.11. The van der Waals surface area contributed by atoms with E-state index in [0.29, 0.717) is 6.54 Å². The molecule has 72 valence electrons. The van der Waals surface area contributed by atoms with Crippen LogP contribution < -0.4 is 5.32 Å². The van der Waals surface area contributed by atoms with E-state index in [1.807, 2.05) is 13.8 Å². The van der Waals surface area contributed by atoms with E-state index in [4.69, 9.17) is 11.6 Å². The summed E-state index contributed by atoms with van der Waals surface area (Å²) in [5.41, 5.74) is 0.931. The molecule has 1 heterocycles. The second-order valence-corrected chi connectivity index (χ2v) is 4.32. The van der Waals surface area contributed by atoms with Crippen LogP contribution in [0.1, 0.15) is 15.6 Å². The molecule has 0 fully saturated rings. The summed E-state index contributed by atoms with van der Waals surface area (Å²) in [6.45, 7) is 4.42. The maximum Gasteiger partial charge on any atom is 0.235 e. The number of rotatable bonds is 3. The Bertz CT molecular complexity index is 311. The molecule has 0 aromatic carbocycles. The van der Waals surface area contributed by atoms with Gasteiger partial charge in [0.05, 0.1) is 17.2 Å². The molecule has 3 nitrogen and oxygen atoms in total. The molecule has 0 atom stereocenters. The molecular formula is C8H11ClN2OS. The van der Waals surface area contributed by atoms with E-state index in [0.717, 1.165) is 15.6 Å². The summed E-state index contributed by atoms with van der Waals surface area (Å²) in [6, 6.07) is 0. The minimum absolute atomic E-state index is 0.00215. The van der Waals surface area contributed by atoms with Crippen LogP contribution in [0.15, 0.2) is 0 Å². The number of hydrogen-bond acceptors (Lipinski definition) is 3. The highest BCUT2D eigenvalue weighted by atomic mass is 35.5. The molecule has 1 aromatic rings. The molecule has 1 aromatic heterocycles. The summed E-state index contributed by atoms with van der Waals surface area (Å²) in [5.74, 6) is -0.158. The minimum Gasteiger partial charge on any atom is -0.349 e. The van der Waals surface area contributed by atoms with Crippen LogP contribution >= 0.6 is 22.9 Å². The number of carbonyl (C=O) groups is 1. The number of hydrogen-bond donors (Lipinski definition) is 1. The van der Waals surface area contributed by atoms with Gasteiger partial charge >= 0.3 is 0 Å². The molecule has 5 heteroatoms. The van der Waals surface area contributed by atoms with Crippen molar-refractivity contribution in [2.75, 3.05) is 5.88 Å². The highest BCUT2D eigenvalue weighted by Gasteiger charge is 2.05. The Hall–Kier alpha value is -0.610. The number of halogens is 1. The molecular weight excluding hydrogens is 208 g/mol. The Morgan fingerprint density at radius 1 is 1.62 bits per heavy atom. The van der Waals surface area contributed by atoms with Crippen molar-refractivity contribution in [2.45, 2.75) is 20.4 Å². The third-order valence-corrected chi connectivity index (χ3v) is 2.75. The third kappa shape index (κ3) is 2.97. The van der Waals surface area contributed by atoms with E-state index in [9.17, 15) is 4.79 Å². The molecule has 0 unspecified atom stereocenters. The second kappa shape index (κ2) is 4.58. The van der Waals surface area contributed by atoms with Gasteiger partial charge in [0.1, 0.15) is 5.88 Å². The summed E-state index contributed by atoms with van der Waals surface area (Å²) in [5, 5.41) is 3.70. The van der Waals surface area contributed by atoms with Crippen molar-refractivity contribution in [2.24, 2.45) is 0 Å². The zero-order valence-corrected chi connectivity index (χ0v) is 9.13. The van der Waals surface area contributed by atoms with Gasteiger partial charge in [0.2, 0.25) is 5.91 Å². The lowest BCUT2D eigenvalue weighted by atomic mass is 10.4. The van der Waals surface area contributed by atoms with E-state index in [2.05, 4.69) is 10.3 Å². The van der Waals surface area contributed by atoms with Gasteiger partial charge in [0, 0.05) is 4.88 Å². The average molecular weight is 219 g/mol. The molecule has 1 N–H and O–H groups in total. The second-order valence-electron chi connectivity index (χ2n) is 2.65. The van der Waals surface area contributed by atoms with Gasteiger partial charge in [0.15, 0.2) is 0 Å². The van der Waals surface area contributed by atoms with Crippen LogP contribution in [0.5, 0.6) is 0 Å². The predicted molar refractivity (Wildman–Crippen MR) is 54.2 cm³/mol. The minimum atomic E-state index is -0.160. The van der Waals surface area contributed by atoms with Crippen molar-refractivity contribution >= 4 is 28.8 Å². The first-order valence-electron chi connectivity index (χ1n) is 3.89. The van der Waals surface area contributed by atoms with Crippen LogP contribution in [0, 0.1) is 13.8 Å². The first-order valence-corrected chi connectivity index (χ1v) is 5.24. The van der Waals surface area contributed by atoms with Crippen LogP contribution in [0.2, 0.25) is 0 Å². The Morgan fingerprint density at radius 3 is 2.77 bits per heavy atom. The number of nitrogens with one attached hydrogen (secondary N) is 1. The Morgan fingerprint density at radius 2 is 2.31 bits per heavy atom. The fourth-order valence-electron chi connectivity index (χ4n) is 0.966. The lowest BCUT2D eigenvalue weighted by Crippen LogP contribution is -2.24. The Kier molecular flexibility index (Phi) is 3.69. The SMILES string of the molecule is Cc1nc(CNC(=O)CCl)c(C)s1. The summed E-state index contributed by atoms with van der Waals surface area (Å²) >= 11 is 6.97. The molecule has 1 rings (SSSR count). The fourth-order valence-corrected chi connectivity index (χ4v) is 1.89. The van der Waals surface area contributed by atoms with Gasteiger partial charge in [-0.2, -0.15) is 0 Å². The number of nitrogens with zero attached hydrogens (tertiary/aromatic N) is 1. The maximum absolute atomic E-state index is 10.8. The smallest absolute Gasteiger partial charge is 0.235 e. The molecule has 1 amide bonds. The predicted octanol–water partition coefficient (Wildman–Crippen LogP) is 1.61. The normalized spacial score (nSPS) is 10.1. The molecule has 0 saturated carbocycles. The summed E-state index contributed by atoms with van der Waals surface area (Å²) in [6.07, 6.45) is 0. The molecule has 0 aliphatic rings. The first kappa shape index (κ1) is 10.5. The molecule has 13 heavy (non-hydrogen) atoms. The van der Waals surface area contributed by atoms with Crippen LogP contribution in [-0.2, 0) is 11.3 Å². The van der Waals surface area contributed by atoms with Crippen molar-refractivity contribution in [1.29, 1.82) is 0 Å². The number of carbonyl (C=O) groups excluding carboxylic acids is 1. The van der Waals surface area contributed by atoms with Gasteiger partial charge < -0.3 is 5.32 Å².